The molecule has 2 heterocycles. The molecule has 4 nitrogen and oxygen atoms in total. The predicted molar refractivity (Wildman–Crippen MR) is 87.5 cm³/mol. The van der Waals surface area contributed by atoms with Crippen molar-refractivity contribution in [3.63, 3.8) is 0 Å². The van der Waals surface area contributed by atoms with E-state index in [0.717, 1.165) is 75.0 Å². The second-order valence-corrected chi connectivity index (χ2v) is 8.00. The number of carbonyl (C=O) groups is 1. The number of hydrogen-bond donors (Lipinski definition) is 1. The molecule has 0 radical (unpaired) electrons. The summed E-state index contributed by atoms with van der Waals surface area (Å²) in [6, 6.07) is 0.270. The van der Waals surface area contributed by atoms with Gasteiger partial charge in [0.2, 0.25) is 0 Å². The van der Waals surface area contributed by atoms with Crippen LogP contribution in [0, 0.1) is 12.3 Å². The smallest absolute Gasteiger partial charge is 0.257 e. The Morgan fingerprint density at radius 1 is 1.30 bits per heavy atom. The van der Waals surface area contributed by atoms with Crippen LogP contribution in [0.25, 0.3) is 0 Å². The maximum absolute atomic E-state index is 13.3. The number of rotatable bonds is 1. The predicted octanol–water partition coefficient (Wildman–Crippen LogP) is 3.23. The van der Waals surface area contributed by atoms with Gasteiger partial charge in [0.15, 0.2) is 0 Å². The fraction of sp³-hybridized carbons (Fsp3) is 0.737. The van der Waals surface area contributed by atoms with Crippen LogP contribution in [0.15, 0.2) is 4.42 Å². The Hall–Kier alpha value is -1.29. The largest absolute Gasteiger partial charge is 0.465 e. The minimum Gasteiger partial charge on any atom is -0.465 e. The van der Waals surface area contributed by atoms with Gasteiger partial charge >= 0.3 is 0 Å². The van der Waals surface area contributed by atoms with Crippen LogP contribution in [0.5, 0.6) is 0 Å². The lowest BCUT2D eigenvalue weighted by molar-refractivity contribution is 0.0210. The Labute approximate surface area is 137 Å². The van der Waals surface area contributed by atoms with E-state index in [0.29, 0.717) is 0 Å². The van der Waals surface area contributed by atoms with E-state index in [9.17, 15) is 9.90 Å². The van der Waals surface area contributed by atoms with Crippen molar-refractivity contribution in [1.29, 1.82) is 0 Å². The molecule has 3 atom stereocenters. The number of aliphatic hydroxyl groups excluding tert-OH is 1. The molecule has 1 aromatic rings. The number of amides is 1. The average molecular weight is 317 g/mol. The Balaban J connectivity index is 1.64. The Morgan fingerprint density at radius 3 is 2.91 bits per heavy atom. The van der Waals surface area contributed by atoms with Gasteiger partial charge in [-0.25, -0.2) is 0 Å². The number of furan rings is 1. The van der Waals surface area contributed by atoms with Crippen LogP contribution in [-0.4, -0.2) is 34.6 Å². The lowest BCUT2D eigenvalue weighted by Crippen LogP contribution is -2.46. The van der Waals surface area contributed by atoms with E-state index in [4.69, 9.17) is 4.42 Å². The van der Waals surface area contributed by atoms with Crippen LogP contribution in [0.4, 0.5) is 0 Å². The second kappa shape index (κ2) is 5.37. The van der Waals surface area contributed by atoms with Crippen LogP contribution < -0.4 is 0 Å². The maximum atomic E-state index is 13.3. The molecule has 1 amide bonds. The van der Waals surface area contributed by atoms with Gasteiger partial charge < -0.3 is 14.4 Å². The Morgan fingerprint density at radius 2 is 2.09 bits per heavy atom. The van der Waals surface area contributed by atoms with Crippen LogP contribution in [-0.2, 0) is 12.8 Å². The SMILES string of the molecule is Cc1oc2c(c1C(=O)N1CC[C@@]3(C)C[C@H](O)CC[C@@H]13)CCCC2. The highest BCUT2D eigenvalue weighted by Crippen LogP contribution is 2.47. The van der Waals surface area contributed by atoms with Crippen molar-refractivity contribution in [3.8, 4) is 0 Å². The molecule has 1 N–H and O–H groups in total. The number of nitrogens with zero attached hydrogens (tertiary/aromatic N) is 1. The summed E-state index contributed by atoms with van der Waals surface area (Å²) < 4.78 is 5.91. The van der Waals surface area contributed by atoms with Gasteiger partial charge in [-0.3, -0.25) is 4.79 Å². The normalized spacial score (nSPS) is 33.4. The van der Waals surface area contributed by atoms with Crippen molar-refractivity contribution < 1.29 is 14.3 Å². The van der Waals surface area contributed by atoms with Crippen LogP contribution >= 0.6 is 0 Å². The van der Waals surface area contributed by atoms with Crippen molar-refractivity contribution in [2.24, 2.45) is 5.41 Å². The zero-order valence-electron chi connectivity index (χ0n) is 14.2. The zero-order chi connectivity index (χ0) is 16.2. The molecule has 1 aliphatic heterocycles. The first-order valence-electron chi connectivity index (χ1n) is 9.10. The monoisotopic (exact) mass is 317 g/mol. The molecule has 4 rings (SSSR count). The number of aryl methyl sites for hydroxylation is 2. The van der Waals surface area contributed by atoms with Crippen LogP contribution in [0.1, 0.15) is 72.9 Å². The standard InChI is InChI=1S/C19H27NO3/c1-12-17(14-5-3-4-6-15(14)23-12)18(22)20-10-9-19(2)11-13(21)7-8-16(19)20/h13,16,21H,3-11H2,1-2H3/t13-,16-,19+/m1/s1. The van der Waals surface area contributed by atoms with E-state index < -0.39 is 0 Å². The second-order valence-electron chi connectivity index (χ2n) is 8.00. The molecule has 1 saturated carbocycles. The van der Waals surface area contributed by atoms with Gasteiger partial charge in [0, 0.05) is 24.6 Å². The van der Waals surface area contributed by atoms with Crippen molar-refractivity contribution >= 4 is 5.91 Å². The molecule has 0 aromatic carbocycles. The molecule has 0 bridgehead atoms. The number of carbonyl (C=O) groups excluding carboxylic acids is 1. The topological polar surface area (TPSA) is 53.7 Å². The molecule has 4 heteroatoms. The van der Waals surface area contributed by atoms with Crippen molar-refractivity contribution in [3.05, 3.63) is 22.6 Å². The summed E-state index contributed by atoms with van der Waals surface area (Å²) in [6.45, 7) is 4.99. The first kappa shape index (κ1) is 15.3. The van der Waals surface area contributed by atoms with E-state index in [1.165, 1.54) is 5.56 Å². The molecule has 2 fully saturated rings. The van der Waals surface area contributed by atoms with E-state index in [1.807, 2.05) is 6.92 Å². The van der Waals surface area contributed by atoms with Crippen molar-refractivity contribution in [2.45, 2.75) is 77.4 Å². The highest BCUT2D eigenvalue weighted by molar-refractivity contribution is 5.97. The summed E-state index contributed by atoms with van der Waals surface area (Å²) in [5, 5.41) is 10.0. The van der Waals surface area contributed by atoms with E-state index in [2.05, 4.69) is 11.8 Å². The third kappa shape index (κ3) is 2.34. The van der Waals surface area contributed by atoms with E-state index >= 15 is 0 Å². The van der Waals surface area contributed by atoms with Gasteiger partial charge in [0.05, 0.1) is 11.7 Å². The molecule has 0 unspecified atom stereocenters. The number of hydrogen-bond acceptors (Lipinski definition) is 3. The van der Waals surface area contributed by atoms with Gasteiger partial charge in [-0.15, -0.1) is 0 Å². The van der Waals surface area contributed by atoms with Crippen LogP contribution in [0.2, 0.25) is 0 Å². The summed E-state index contributed by atoms with van der Waals surface area (Å²) in [4.78, 5) is 15.4. The van der Waals surface area contributed by atoms with Gasteiger partial charge in [-0.05, 0) is 57.3 Å². The molecular weight excluding hydrogens is 290 g/mol. The molecule has 2 aliphatic carbocycles. The van der Waals surface area contributed by atoms with E-state index in [-0.39, 0.29) is 23.5 Å². The minimum absolute atomic E-state index is 0.0744. The zero-order valence-corrected chi connectivity index (χ0v) is 14.2. The van der Waals surface area contributed by atoms with Gasteiger partial charge in [-0.1, -0.05) is 6.92 Å². The minimum atomic E-state index is -0.199. The fourth-order valence-corrected chi connectivity index (χ4v) is 5.18. The van der Waals surface area contributed by atoms with Crippen molar-refractivity contribution in [2.75, 3.05) is 6.54 Å². The first-order chi connectivity index (χ1) is 11.0. The third-order valence-corrected chi connectivity index (χ3v) is 6.40. The summed E-state index contributed by atoms with van der Waals surface area (Å²) in [7, 11) is 0. The van der Waals surface area contributed by atoms with Gasteiger partial charge in [0.25, 0.3) is 5.91 Å². The first-order valence-corrected chi connectivity index (χ1v) is 9.10. The number of fused-ring (bicyclic) bond motifs is 2. The molecule has 3 aliphatic rings. The Bertz CT molecular complexity index is 635. The fourth-order valence-electron chi connectivity index (χ4n) is 5.18. The maximum Gasteiger partial charge on any atom is 0.257 e. The summed E-state index contributed by atoms with van der Waals surface area (Å²) in [5.74, 6) is 2.00. The molecule has 1 saturated heterocycles. The third-order valence-electron chi connectivity index (χ3n) is 6.40. The molecule has 23 heavy (non-hydrogen) atoms. The van der Waals surface area contributed by atoms with Gasteiger partial charge in [0.1, 0.15) is 11.5 Å². The summed E-state index contributed by atoms with van der Waals surface area (Å²) in [6.07, 6.45) is 7.61. The lowest BCUT2D eigenvalue weighted by Gasteiger charge is -2.41. The summed E-state index contributed by atoms with van der Waals surface area (Å²) in [5.41, 5.74) is 2.09. The number of likely N-dealkylation sites (tertiary alicyclic amines) is 1. The number of aliphatic hydroxyl groups is 1. The van der Waals surface area contributed by atoms with E-state index in [1.54, 1.807) is 0 Å². The Kier molecular flexibility index (Phi) is 3.56. The van der Waals surface area contributed by atoms with Gasteiger partial charge in [-0.2, -0.15) is 0 Å². The lowest BCUT2D eigenvalue weighted by atomic mass is 9.71. The van der Waals surface area contributed by atoms with Crippen molar-refractivity contribution in [1.82, 2.24) is 4.90 Å². The quantitative estimate of drug-likeness (QED) is 0.865. The highest BCUT2D eigenvalue weighted by atomic mass is 16.3. The summed E-state index contributed by atoms with van der Waals surface area (Å²) >= 11 is 0. The molecular formula is C19H27NO3. The van der Waals surface area contributed by atoms with Crippen LogP contribution in [0.3, 0.4) is 0 Å². The highest BCUT2D eigenvalue weighted by Gasteiger charge is 2.49. The average Bonchev–Trinajstić information content (AvgIpc) is 3.02. The molecule has 1 aromatic heterocycles. The molecule has 126 valence electrons. The molecule has 0 spiro atoms.